The van der Waals surface area contributed by atoms with Crippen LogP contribution in [0.4, 0.5) is 15.0 Å². The smallest absolute Gasteiger partial charge is 0.410 e. The van der Waals surface area contributed by atoms with Crippen molar-refractivity contribution in [2.45, 2.75) is 57.7 Å². The third-order valence-corrected chi connectivity index (χ3v) is 6.91. The second-order valence-corrected chi connectivity index (χ2v) is 11.1. The van der Waals surface area contributed by atoms with Gasteiger partial charge < -0.3 is 28.7 Å². The van der Waals surface area contributed by atoms with E-state index in [9.17, 15) is 4.79 Å². The van der Waals surface area contributed by atoms with E-state index in [4.69, 9.17) is 18.9 Å². The Morgan fingerprint density at radius 1 is 1.05 bits per heavy atom. The number of nitrogens with zero attached hydrogens (tertiary/aromatic N) is 6. The number of rotatable bonds is 9. The summed E-state index contributed by atoms with van der Waals surface area (Å²) in [6.07, 6.45) is 4.00. The molecule has 12 heteroatoms. The van der Waals surface area contributed by atoms with E-state index >= 15 is 4.39 Å². The van der Waals surface area contributed by atoms with E-state index < -0.39 is 11.4 Å². The van der Waals surface area contributed by atoms with Gasteiger partial charge in [-0.25, -0.2) is 9.18 Å². The van der Waals surface area contributed by atoms with Crippen LogP contribution in [0.2, 0.25) is 0 Å². The van der Waals surface area contributed by atoms with Gasteiger partial charge in [0.05, 0.1) is 25.0 Å². The molecule has 2 aliphatic rings. The summed E-state index contributed by atoms with van der Waals surface area (Å²) in [5.41, 5.74) is 1.08. The minimum absolute atomic E-state index is 0.0359. The molecular weight excluding hydrogens is 531 g/mol. The van der Waals surface area contributed by atoms with Crippen LogP contribution in [0.1, 0.15) is 40.0 Å². The van der Waals surface area contributed by atoms with E-state index in [0.717, 1.165) is 25.8 Å². The minimum atomic E-state index is -0.546. The molecule has 3 heterocycles. The molecule has 2 aromatic heterocycles. The van der Waals surface area contributed by atoms with Gasteiger partial charge in [-0.3, -0.25) is 0 Å². The number of anilines is 1. The summed E-state index contributed by atoms with van der Waals surface area (Å²) in [7, 11) is 2.97. The lowest BCUT2D eigenvalue weighted by molar-refractivity contribution is 0.0158. The summed E-state index contributed by atoms with van der Waals surface area (Å²) in [4.78, 5) is 17.0. The molecule has 0 radical (unpaired) electrons. The fraction of sp³-hybridized carbons (Fsp3) is 0.483. The molecule has 218 valence electrons. The van der Waals surface area contributed by atoms with Gasteiger partial charge in [-0.15, -0.1) is 15.3 Å². The Bertz CT molecular complexity index is 1380. The van der Waals surface area contributed by atoms with Crippen molar-refractivity contribution in [3.8, 4) is 34.0 Å². The molecule has 41 heavy (non-hydrogen) atoms. The Hall–Kier alpha value is -4.06. The molecule has 1 saturated heterocycles. The summed E-state index contributed by atoms with van der Waals surface area (Å²) in [5.74, 6) is 0.833. The van der Waals surface area contributed by atoms with Gasteiger partial charge in [-0.2, -0.15) is 5.10 Å². The minimum Gasteiger partial charge on any atom is -0.480 e. The maximum absolute atomic E-state index is 15.4. The maximum atomic E-state index is 15.4. The number of amides is 1. The predicted molar refractivity (Wildman–Crippen MR) is 149 cm³/mol. The lowest BCUT2D eigenvalue weighted by Gasteiger charge is -2.31. The Labute approximate surface area is 238 Å². The SMILES string of the molecule is COCOc1cc(-c2cnnc(OC)c2)c(F)cc1-c1ccc(N2CC[C@@H](N(C(=O)OC(C)(C)C)C3CC3)C2)nn1. The fourth-order valence-electron chi connectivity index (χ4n) is 4.89. The summed E-state index contributed by atoms with van der Waals surface area (Å²) in [5, 5.41) is 16.6. The summed E-state index contributed by atoms with van der Waals surface area (Å²) >= 11 is 0. The van der Waals surface area contributed by atoms with Crippen molar-refractivity contribution in [2.24, 2.45) is 0 Å². The van der Waals surface area contributed by atoms with Gasteiger partial charge >= 0.3 is 6.09 Å². The number of hydrogen-bond acceptors (Lipinski definition) is 10. The predicted octanol–water partition coefficient (Wildman–Crippen LogP) is 4.71. The number of aromatic nitrogens is 4. The normalized spacial score (nSPS) is 16.9. The third kappa shape index (κ3) is 6.64. The molecule has 0 bridgehead atoms. The van der Waals surface area contributed by atoms with E-state index in [2.05, 4.69) is 25.3 Å². The molecule has 1 atom stereocenters. The van der Waals surface area contributed by atoms with E-state index in [-0.39, 0.29) is 36.4 Å². The molecule has 2 fully saturated rings. The zero-order chi connectivity index (χ0) is 29.1. The van der Waals surface area contributed by atoms with Gasteiger partial charge in [-0.05, 0) is 64.3 Å². The first-order chi connectivity index (χ1) is 19.7. The monoisotopic (exact) mass is 566 g/mol. The van der Waals surface area contributed by atoms with Crippen LogP contribution in [0.5, 0.6) is 11.6 Å². The molecule has 1 aromatic carbocycles. The average Bonchev–Trinajstić information content (AvgIpc) is 3.66. The van der Waals surface area contributed by atoms with Crippen molar-refractivity contribution in [1.29, 1.82) is 0 Å². The Kier molecular flexibility index (Phi) is 8.20. The van der Waals surface area contributed by atoms with E-state index in [0.29, 0.717) is 34.9 Å². The maximum Gasteiger partial charge on any atom is 0.410 e. The van der Waals surface area contributed by atoms with Crippen LogP contribution in [0, 0.1) is 5.82 Å². The topological polar surface area (TPSA) is 112 Å². The first-order valence-electron chi connectivity index (χ1n) is 13.6. The zero-order valence-electron chi connectivity index (χ0n) is 24.0. The van der Waals surface area contributed by atoms with E-state index in [1.807, 2.05) is 31.7 Å². The van der Waals surface area contributed by atoms with Crippen LogP contribution in [-0.4, -0.2) is 83.2 Å². The number of carbonyl (C=O) groups excluding carboxylic acids is 1. The van der Waals surface area contributed by atoms with Crippen LogP contribution in [0.25, 0.3) is 22.4 Å². The highest BCUT2D eigenvalue weighted by molar-refractivity contribution is 5.75. The van der Waals surface area contributed by atoms with Crippen molar-refractivity contribution in [1.82, 2.24) is 25.3 Å². The van der Waals surface area contributed by atoms with Crippen molar-refractivity contribution in [2.75, 3.05) is 39.0 Å². The van der Waals surface area contributed by atoms with E-state index in [1.165, 1.54) is 26.5 Å². The van der Waals surface area contributed by atoms with Crippen LogP contribution < -0.4 is 14.4 Å². The molecule has 5 rings (SSSR count). The zero-order valence-corrected chi connectivity index (χ0v) is 24.0. The molecule has 0 unspecified atom stereocenters. The Balaban J connectivity index is 1.36. The highest BCUT2D eigenvalue weighted by Gasteiger charge is 2.42. The summed E-state index contributed by atoms with van der Waals surface area (Å²) < 4.78 is 37.1. The highest BCUT2D eigenvalue weighted by atomic mass is 19.1. The molecule has 1 aliphatic heterocycles. The first kappa shape index (κ1) is 28.5. The number of halogens is 1. The number of benzene rings is 1. The molecule has 1 saturated carbocycles. The van der Waals surface area contributed by atoms with Gasteiger partial charge in [0.1, 0.15) is 17.2 Å². The van der Waals surface area contributed by atoms with Gasteiger partial charge in [-0.1, -0.05) is 0 Å². The lowest BCUT2D eigenvalue weighted by atomic mass is 10.0. The van der Waals surface area contributed by atoms with Crippen LogP contribution in [0.3, 0.4) is 0 Å². The van der Waals surface area contributed by atoms with Crippen LogP contribution in [0.15, 0.2) is 36.5 Å². The molecule has 0 N–H and O–H groups in total. The van der Waals surface area contributed by atoms with Crippen LogP contribution >= 0.6 is 0 Å². The second-order valence-electron chi connectivity index (χ2n) is 11.1. The number of hydrogen-bond donors (Lipinski definition) is 0. The van der Waals surface area contributed by atoms with Crippen molar-refractivity contribution in [3.05, 3.63) is 42.3 Å². The van der Waals surface area contributed by atoms with Gasteiger partial charge in [0, 0.05) is 49.0 Å². The number of carbonyl (C=O) groups is 1. The van der Waals surface area contributed by atoms with E-state index in [1.54, 1.807) is 18.2 Å². The van der Waals surface area contributed by atoms with Gasteiger partial charge in [0.2, 0.25) is 5.88 Å². The molecule has 1 amide bonds. The van der Waals surface area contributed by atoms with Gasteiger partial charge in [0.25, 0.3) is 0 Å². The van der Waals surface area contributed by atoms with Crippen molar-refractivity contribution in [3.63, 3.8) is 0 Å². The quantitative estimate of drug-likeness (QED) is 0.338. The van der Waals surface area contributed by atoms with Gasteiger partial charge in [0.15, 0.2) is 12.6 Å². The molecular formula is C29H35FN6O5. The van der Waals surface area contributed by atoms with Crippen molar-refractivity contribution < 1.29 is 28.1 Å². The number of ether oxygens (including phenoxy) is 4. The Morgan fingerprint density at radius 2 is 1.85 bits per heavy atom. The Morgan fingerprint density at radius 3 is 2.51 bits per heavy atom. The first-order valence-corrected chi connectivity index (χ1v) is 13.6. The van der Waals surface area contributed by atoms with Crippen molar-refractivity contribution >= 4 is 11.9 Å². The molecule has 0 spiro atoms. The third-order valence-electron chi connectivity index (χ3n) is 6.91. The summed E-state index contributed by atoms with van der Waals surface area (Å²) in [6, 6.07) is 8.43. The highest BCUT2D eigenvalue weighted by Crippen LogP contribution is 2.37. The average molecular weight is 567 g/mol. The van der Waals surface area contributed by atoms with Crippen LogP contribution in [-0.2, 0) is 9.47 Å². The largest absolute Gasteiger partial charge is 0.480 e. The fourth-order valence-corrected chi connectivity index (χ4v) is 4.89. The molecule has 3 aromatic rings. The second kappa shape index (κ2) is 11.8. The standard InChI is InChI=1S/C29H35FN6O5/c1-29(2,3)41-28(37)36(19-6-7-19)20-10-11-35(16-20)26-9-8-24(32-33-26)22-13-23(30)21(14-25(22)40-17-38-4)18-12-27(39-5)34-31-15-18/h8-9,12-15,19-20H,6-7,10-11,16-17H2,1-5H3/t20-/m1/s1. The molecule has 11 nitrogen and oxygen atoms in total. The molecule has 1 aliphatic carbocycles. The summed E-state index contributed by atoms with van der Waals surface area (Å²) in [6.45, 7) is 6.98. The lowest BCUT2D eigenvalue weighted by Crippen LogP contribution is -2.46. The number of methoxy groups -OCH3 is 2.